The third-order valence-corrected chi connectivity index (χ3v) is 4.14. The van der Waals surface area contributed by atoms with Gasteiger partial charge in [-0.1, -0.05) is 30.3 Å². The normalized spacial score (nSPS) is 12.9. The number of aromatic amines is 1. The Labute approximate surface area is 122 Å². The fourth-order valence-electron chi connectivity index (χ4n) is 1.77. The van der Waals surface area contributed by atoms with Crippen LogP contribution in [0.5, 0.6) is 0 Å². The molecule has 0 fully saturated rings. The summed E-state index contributed by atoms with van der Waals surface area (Å²) >= 11 is 0. The molecule has 0 bridgehead atoms. The molecule has 0 aliphatic heterocycles. The number of H-pyrrole nitrogens is 1. The van der Waals surface area contributed by atoms with Gasteiger partial charge in [-0.2, -0.15) is 4.72 Å². The lowest BCUT2D eigenvalue weighted by molar-refractivity contribution is -0.142. The van der Waals surface area contributed by atoms with Gasteiger partial charge in [0, 0.05) is 0 Å². The molecule has 0 saturated heterocycles. The van der Waals surface area contributed by atoms with E-state index in [1.54, 1.807) is 37.3 Å². The molecule has 7 nitrogen and oxygen atoms in total. The van der Waals surface area contributed by atoms with Gasteiger partial charge >= 0.3 is 5.97 Å². The number of aromatic nitrogens is 2. The maximum Gasteiger partial charge on any atom is 0.328 e. The molecule has 2 N–H and O–H groups in total. The third-order valence-electron chi connectivity index (χ3n) is 2.81. The van der Waals surface area contributed by atoms with Crippen molar-refractivity contribution in [2.45, 2.75) is 18.0 Å². The van der Waals surface area contributed by atoms with E-state index in [1.807, 2.05) is 0 Å². The van der Waals surface area contributed by atoms with Crippen molar-refractivity contribution < 1.29 is 17.9 Å². The number of nitrogens with zero attached hydrogens (tertiary/aromatic N) is 1. The van der Waals surface area contributed by atoms with Crippen LogP contribution in [0.4, 0.5) is 0 Å². The van der Waals surface area contributed by atoms with Crippen LogP contribution in [0.1, 0.15) is 17.4 Å². The van der Waals surface area contributed by atoms with Gasteiger partial charge in [0.05, 0.1) is 13.3 Å². The van der Waals surface area contributed by atoms with Crippen LogP contribution in [0, 0.1) is 6.92 Å². The van der Waals surface area contributed by atoms with E-state index in [2.05, 4.69) is 19.4 Å². The first-order valence-electron chi connectivity index (χ1n) is 6.11. The fraction of sp³-hybridized carbons (Fsp3) is 0.231. The summed E-state index contributed by atoms with van der Waals surface area (Å²) in [5.41, 5.74) is 0.490. The van der Waals surface area contributed by atoms with Crippen LogP contribution in [0.2, 0.25) is 0 Å². The van der Waals surface area contributed by atoms with E-state index >= 15 is 0 Å². The van der Waals surface area contributed by atoms with E-state index < -0.39 is 22.0 Å². The molecule has 112 valence electrons. The lowest BCUT2D eigenvalue weighted by atomic mass is 10.1. The number of hydrogen-bond donors (Lipinski definition) is 2. The number of esters is 1. The molecule has 1 aromatic heterocycles. The number of ether oxygens (including phenoxy) is 1. The number of nitrogens with one attached hydrogen (secondary N) is 2. The third kappa shape index (κ3) is 3.47. The van der Waals surface area contributed by atoms with Crippen LogP contribution >= 0.6 is 0 Å². The molecule has 8 heteroatoms. The van der Waals surface area contributed by atoms with Crippen molar-refractivity contribution in [3.8, 4) is 0 Å². The second-order valence-corrected chi connectivity index (χ2v) is 6.00. The molecular formula is C13H15N3O4S. The van der Waals surface area contributed by atoms with E-state index in [1.165, 1.54) is 13.3 Å². The van der Waals surface area contributed by atoms with Crippen molar-refractivity contribution >= 4 is 16.0 Å². The van der Waals surface area contributed by atoms with Crippen molar-refractivity contribution in [2.24, 2.45) is 0 Å². The number of aryl methyl sites for hydroxylation is 1. The Morgan fingerprint density at radius 3 is 2.52 bits per heavy atom. The van der Waals surface area contributed by atoms with Gasteiger partial charge in [-0.3, -0.25) is 0 Å². The predicted molar refractivity (Wildman–Crippen MR) is 74.8 cm³/mol. The summed E-state index contributed by atoms with van der Waals surface area (Å²) in [4.78, 5) is 18.3. The van der Waals surface area contributed by atoms with Crippen molar-refractivity contribution in [1.29, 1.82) is 0 Å². The summed E-state index contributed by atoms with van der Waals surface area (Å²) in [6.07, 6.45) is 1.19. The van der Waals surface area contributed by atoms with E-state index in [0.29, 0.717) is 11.4 Å². The maximum absolute atomic E-state index is 12.3. The van der Waals surface area contributed by atoms with Crippen LogP contribution in [0.25, 0.3) is 0 Å². The fourth-order valence-corrected chi connectivity index (χ4v) is 2.91. The number of sulfonamides is 1. The molecule has 1 aromatic carbocycles. The Morgan fingerprint density at radius 1 is 1.33 bits per heavy atom. The molecule has 0 spiro atoms. The Kier molecular flexibility index (Phi) is 4.39. The van der Waals surface area contributed by atoms with Crippen LogP contribution < -0.4 is 4.72 Å². The molecule has 0 amide bonds. The van der Waals surface area contributed by atoms with Gasteiger partial charge < -0.3 is 9.72 Å². The Hall–Kier alpha value is -2.19. The van der Waals surface area contributed by atoms with E-state index in [4.69, 9.17) is 0 Å². The van der Waals surface area contributed by atoms with Gasteiger partial charge in [-0.15, -0.1) is 0 Å². The van der Waals surface area contributed by atoms with Crippen molar-refractivity contribution in [3.05, 3.63) is 47.9 Å². The van der Waals surface area contributed by atoms with E-state index in [0.717, 1.165) is 0 Å². The van der Waals surface area contributed by atoms with Crippen LogP contribution in [0.3, 0.4) is 0 Å². The number of benzene rings is 1. The summed E-state index contributed by atoms with van der Waals surface area (Å²) in [7, 11) is -2.71. The van der Waals surface area contributed by atoms with Gasteiger partial charge in [-0.05, 0) is 12.5 Å². The molecule has 0 aliphatic carbocycles. The van der Waals surface area contributed by atoms with Gasteiger partial charge in [0.1, 0.15) is 11.9 Å². The quantitative estimate of drug-likeness (QED) is 0.799. The molecular weight excluding hydrogens is 294 g/mol. The lowest BCUT2D eigenvalue weighted by Gasteiger charge is -2.16. The zero-order chi connectivity index (χ0) is 15.5. The molecule has 0 radical (unpaired) electrons. The highest BCUT2D eigenvalue weighted by molar-refractivity contribution is 7.89. The van der Waals surface area contributed by atoms with Crippen LogP contribution in [-0.4, -0.2) is 31.5 Å². The van der Waals surface area contributed by atoms with Crippen LogP contribution in [-0.2, 0) is 19.6 Å². The van der Waals surface area contributed by atoms with Gasteiger partial charge in [-0.25, -0.2) is 18.2 Å². The first-order valence-corrected chi connectivity index (χ1v) is 7.59. The molecule has 2 rings (SSSR count). The van der Waals surface area contributed by atoms with E-state index in [9.17, 15) is 13.2 Å². The SMILES string of the molecule is COC(=O)C(NS(=O)(=O)c1cnc(C)[nH]1)c1ccccc1. The number of methoxy groups -OCH3 is 1. The summed E-state index contributed by atoms with van der Waals surface area (Å²) in [6.45, 7) is 1.63. The zero-order valence-electron chi connectivity index (χ0n) is 11.5. The highest BCUT2D eigenvalue weighted by atomic mass is 32.2. The van der Waals surface area contributed by atoms with Crippen molar-refractivity contribution in [3.63, 3.8) is 0 Å². The molecule has 2 aromatic rings. The second-order valence-electron chi connectivity index (χ2n) is 4.32. The Morgan fingerprint density at radius 2 is 2.00 bits per heavy atom. The summed E-state index contributed by atoms with van der Waals surface area (Å²) in [5, 5.41) is -0.107. The Bertz CT molecular complexity index is 725. The van der Waals surface area contributed by atoms with E-state index in [-0.39, 0.29) is 5.03 Å². The molecule has 1 atom stereocenters. The number of imidazole rings is 1. The minimum Gasteiger partial charge on any atom is -0.468 e. The minimum absolute atomic E-state index is 0.107. The average Bonchev–Trinajstić information content (AvgIpc) is 2.92. The first kappa shape index (κ1) is 15.2. The summed E-state index contributed by atoms with van der Waals surface area (Å²) in [5.74, 6) is -0.231. The van der Waals surface area contributed by atoms with Gasteiger partial charge in [0.15, 0.2) is 5.03 Å². The molecule has 21 heavy (non-hydrogen) atoms. The standard InChI is InChI=1S/C13H15N3O4S/c1-9-14-8-11(15-9)21(18,19)16-12(13(17)20-2)10-6-4-3-5-7-10/h3-8,12,16H,1-2H3,(H,14,15). The smallest absolute Gasteiger partial charge is 0.328 e. The largest absolute Gasteiger partial charge is 0.468 e. The van der Waals surface area contributed by atoms with Crippen molar-refractivity contribution in [1.82, 2.24) is 14.7 Å². The maximum atomic E-state index is 12.3. The molecule has 1 unspecified atom stereocenters. The zero-order valence-corrected chi connectivity index (χ0v) is 12.3. The number of carbonyl (C=O) groups excluding carboxylic acids is 1. The molecule has 1 heterocycles. The monoisotopic (exact) mass is 309 g/mol. The average molecular weight is 309 g/mol. The van der Waals surface area contributed by atoms with Gasteiger partial charge in [0.25, 0.3) is 10.0 Å². The first-order chi connectivity index (χ1) is 9.94. The summed E-state index contributed by atoms with van der Waals surface area (Å²) in [6, 6.07) is 7.35. The highest BCUT2D eigenvalue weighted by Gasteiger charge is 2.28. The molecule has 0 saturated carbocycles. The lowest BCUT2D eigenvalue weighted by Crippen LogP contribution is -2.34. The van der Waals surface area contributed by atoms with Crippen molar-refractivity contribution in [2.75, 3.05) is 7.11 Å². The Balaban J connectivity index is 2.34. The predicted octanol–water partition coefficient (Wildman–Crippen LogP) is 0.911. The minimum atomic E-state index is -3.91. The van der Waals surface area contributed by atoms with Gasteiger partial charge in [0.2, 0.25) is 0 Å². The topological polar surface area (TPSA) is 101 Å². The second kappa shape index (κ2) is 6.06. The molecule has 0 aliphatic rings. The van der Waals surface area contributed by atoms with Crippen LogP contribution in [0.15, 0.2) is 41.6 Å². The highest BCUT2D eigenvalue weighted by Crippen LogP contribution is 2.17. The number of hydrogen-bond acceptors (Lipinski definition) is 5. The summed E-state index contributed by atoms with van der Waals surface area (Å²) < 4.78 is 31.5. The number of rotatable bonds is 5. The number of carbonyl (C=O) groups is 1.